The number of carbonyl (C=O) groups excluding carboxylic acids is 1. The average molecular weight is 374 g/mol. The Morgan fingerprint density at radius 3 is 2.27 bits per heavy atom. The van der Waals surface area contributed by atoms with Crippen molar-refractivity contribution in [1.82, 2.24) is 5.32 Å². The molecule has 0 aliphatic heterocycles. The standard InChI is InChI=1S/C21H27NO3S/c1-15(22-20(24)21(2,3)4)17-12-8-9-13-19(17)26(25)14-18(23)16-10-6-5-7-11-16/h5-13,15,18,23H,14H2,1-4H3,(H,22,24)/t15-,18-,26?/m1/s1. The summed E-state index contributed by atoms with van der Waals surface area (Å²) < 4.78 is 12.9. The summed E-state index contributed by atoms with van der Waals surface area (Å²) in [6.45, 7) is 7.45. The van der Waals surface area contributed by atoms with Crippen molar-refractivity contribution >= 4 is 16.7 Å². The van der Waals surface area contributed by atoms with E-state index in [0.29, 0.717) is 4.90 Å². The van der Waals surface area contributed by atoms with Crippen LogP contribution in [0.15, 0.2) is 59.5 Å². The van der Waals surface area contributed by atoms with Gasteiger partial charge >= 0.3 is 0 Å². The van der Waals surface area contributed by atoms with Gasteiger partial charge in [0.2, 0.25) is 5.91 Å². The number of aliphatic hydroxyl groups is 1. The predicted octanol–water partition coefficient (Wildman–Crippen LogP) is 3.75. The van der Waals surface area contributed by atoms with Gasteiger partial charge in [0, 0.05) is 10.3 Å². The van der Waals surface area contributed by atoms with Gasteiger partial charge in [-0.1, -0.05) is 69.3 Å². The van der Waals surface area contributed by atoms with Gasteiger partial charge in [-0.15, -0.1) is 0 Å². The Hall–Kier alpha value is -1.98. The molecule has 140 valence electrons. The predicted molar refractivity (Wildman–Crippen MR) is 105 cm³/mol. The number of aliphatic hydroxyl groups excluding tert-OH is 1. The molecular weight excluding hydrogens is 346 g/mol. The molecule has 3 atom stereocenters. The maximum atomic E-state index is 12.9. The third-order valence-corrected chi connectivity index (χ3v) is 5.63. The number of carbonyl (C=O) groups is 1. The summed E-state index contributed by atoms with van der Waals surface area (Å²) in [6.07, 6.45) is -0.801. The van der Waals surface area contributed by atoms with Gasteiger partial charge in [-0.2, -0.15) is 0 Å². The summed E-state index contributed by atoms with van der Waals surface area (Å²) in [7, 11) is -1.38. The summed E-state index contributed by atoms with van der Waals surface area (Å²) in [5.41, 5.74) is 1.06. The maximum Gasteiger partial charge on any atom is 0.225 e. The minimum Gasteiger partial charge on any atom is -0.387 e. The van der Waals surface area contributed by atoms with E-state index in [0.717, 1.165) is 11.1 Å². The van der Waals surface area contributed by atoms with Gasteiger partial charge in [-0.25, -0.2) is 0 Å². The van der Waals surface area contributed by atoms with Crippen molar-refractivity contribution in [3.05, 3.63) is 65.7 Å². The Labute approximate surface area is 158 Å². The molecule has 0 spiro atoms. The molecule has 0 saturated heterocycles. The van der Waals surface area contributed by atoms with E-state index in [4.69, 9.17) is 0 Å². The van der Waals surface area contributed by atoms with Crippen LogP contribution in [0.5, 0.6) is 0 Å². The molecule has 2 rings (SSSR count). The fourth-order valence-electron chi connectivity index (χ4n) is 2.54. The van der Waals surface area contributed by atoms with E-state index in [1.165, 1.54) is 0 Å². The molecule has 2 N–H and O–H groups in total. The number of rotatable bonds is 6. The molecule has 4 nitrogen and oxygen atoms in total. The third-order valence-electron chi connectivity index (χ3n) is 4.15. The van der Waals surface area contributed by atoms with Gasteiger partial charge in [0.15, 0.2) is 0 Å². The molecule has 0 radical (unpaired) electrons. The highest BCUT2D eigenvalue weighted by molar-refractivity contribution is 7.85. The van der Waals surface area contributed by atoms with Crippen LogP contribution >= 0.6 is 0 Å². The van der Waals surface area contributed by atoms with Crippen molar-refractivity contribution in [3.8, 4) is 0 Å². The summed E-state index contributed by atoms with van der Waals surface area (Å²) in [5.74, 6) is 0.0518. The molecule has 0 bridgehead atoms. The molecular formula is C21H27NO3S. The van der Waals surface area contributed by atoms with E-state index in [-0.39, 0.29) is 17.7 Å². The zero-order valence-electron chi connectivity index (χ0n) is 15.7. The summed E-state index contributed by atoms with van der Waals surface area (Å²) in [6, 6.07) is 16.3. The SMILES string of the molecule is C[C@@H](NC(=O)C(C)(C)C)c1ccccc1S(=O)C[C@@H](O)c1ccccc1. The van der Waals surface area contributed by atoms with Crippen LogP contribution in [0.3, 0.4) is 0 Å². The first-order chi connectivity index (χ1) is 12.2. The van der Waals surface area contributed by atoms with Gasteiger partial charge < -0.3 is 10.4 Å². The second-order valence-corrected chi connectivity index (χ2v) is 8.89. The van der Waals surface area contributed by atoms with E-state index in [1.807, 2.05) is 76.2 Å². The van der Waals surface area contributed by atoms with Crippen molar-refractivity contribution in [2.75, 3.05) is 5.75 Å². The zero-order chi connectivity index (χ0) is 19.3. The first kappa shape index (κ1) is 20.3. The summed E-state index contributed by atoms with van der Waals surface area (Å²) in [5, 5.41) is 13.4. The van der Waals surface area contributed by atoms with Crippen molar-refractivity contribution < 1.29 is 14.1 Å². The van der Waals surface area contributed by atoms with Crippen LogP contribution in [0.2, 0.25) is 0 Å². The molecule has 1 amide bonds. The first-order valence-corrected chi connectivity index (χ1v) is 10.0. The Kier molecular flexibility index (Phi) is 6.73. The highest BCUT2D eigenvalue weighted by atomic mass is 32.2. The zero-order valence-corrected chi connectivity index (χ0v) is 16.5. The number of hydrogen-bond acceptors (Lipinski definition) is 3. The lowest BCUT2D eigenvalue weighted by Gasteiger charge is -2.23. The molecule has 0 aliphatic carbocycles. The normalized spacial score (nSPS) is 15.1. The number of benzene rings is 2. The van der Waals surface area contributed by atoms with E-state index in [9.17, 15) is 14.1 Å². The fourth-order valence-corrected chi connectivity index (χ4v) is 3.94. The second-order valence-electron chi connectivity index (χ2n) is 7.42. The molecule has 5 heteroatoms. The Morgan fingerprint density at radius 1 is 1.08 bits per heavy atom. The third kappa shape index (κ3) is 5.26. The fraction of sp³-hybridized carbons (Fsp3) is 0.381. The van der Waals surface area contributed by atoms with E-state index in [1.54, 1.807) is 6.07 Å². The van der Waals surface area contributed by atoms with Crippen LogP contribution in [0.1, 0.15) is 51.0 Å². The van der Waals surface area contributed by atoms with Gasteiger partial charge in [0.05, 0.1) is 28.7 Å². The largest absolute Gasteiger partial charge is 0.387 e. The van der Waals surface area contributed by atoms with Crippen LogP contribution in [-0.2, 0) is 15.6 Å². The molecule has 0 aromatic heterocycles. The lowest BCUT2D eigenvalue weighted by Crippen LogP contribution is -2.36. The Morgan fingerprint density at radius 2 is 1.65 bits per heavy atom. The van der Waals surface area contributed by atoms with Gasteiger partial charge in [0.1, 0.15) is 0 Å². The molecule has 0 heterocycles. The van der Waals surface area contributed by atoms with E-state index >= 15 is 0 Å². The van der Waals surface area contributed by atoms with Crippen molar-refractivity contribution in [2.45, 2.75) is 44.7 Å². The molecule has 1 unspecified atom stereocenters. The lowest BCUT2D eigenvalue weighted by molar-refractivity contribution is -0.129. The van der Waals surface area contributed by atoms with E-state index < -0.39 is 22.3 Å². The van der Waals surface area contributed by atoms with Crippen LogP contribution in [-0.4, -0.2) is 21.0 Å². The Balaban J connectivity index is 2.17. The van der Waals surface area contributed by atoms with Crippen LogP contribution in [0.4, 0.5) is 0 Å². The molecule has 26 heavy (non-hydrogen) atoms. The topological polar surface area (TPSA) is 66.4 Å². The number of amides is 1. The van der Waals surface area contributed by atoms with Crippen molar-refractivity contribution in [2.24, 2.45) is 5.41 Å². The minimum atomic E-state index is -1.38. The summed E-state index contributed by atoms with van der Waals surface area (Å²) >= 11 is 0. The smallest absolute Gasteiger partial charge is 0.225 e. The van der Waals surface area contributed by atoms with Crippen molar-refractivity contribution in [1.29, 1.82) is 0 Å². The maximum absolute atomic E-state index is 12.9. The van der Waals surface area contributed by atoms with Gasteiger partial charge in [-0.05, 0) is 24.1 Å². The molecule has 0 fully saturated rings. The molecule has 0 aliphatic rings. The number of nitrogens with one attached hydrogen (secondary N) is 1. The lowest BCUT2D eigenvalue weighted by atomic mass is 9.94. The van der Waals surface area contributed by atoms with Crippen LogP contribution in [0, 0.1) is 5.41 Å². The second kappa shape index (κ2) is 8.60. The summed E-state index contributed by atoms with van der Waals surface area (Å²) in [4.78, 5) is 12.9. The molecule has 2 aromatic carbocycles. The van der Waals surface area contributed by atoms with E-state index in [2.05, 4.69) is 5.32 Å². The molecule has 0 saturated carbocycles. The van der Waals surface area contributed by atoms with Gasteiger partial charge in [0.25, 0.3) is 0 Å². The highest BCUT2D eigenvalue weighted by Gasteiger charge is 2.25. The molecule has 2 aromatic rings. The monoisotopic (exact) mass is 373 g/mol. The minimum absolute atomic E-state index is 0.0603. The van der Waals surface area contributed by atoms with Crippen LogP contribution in [0.25, 0.3) is 0 Å². The first-order valence-electron chi connectivity index (χ1n) is 8.71. The highest BCUT2D eigenvalue weighted by Crippen LogP contribution is 2.25. The van der Waals surface area contributed by atoms with Crippen molar-refractivity contribution in [3.63, 3.8) is 0 Å². The quantitative estimate of drug-likeness (QED) is 0.810. The average Bonchev–Trinajstić information content (AvgIpc) is 2.61. The Bertz CT molecular complexity index is 768. The van der Waals surface area contributed by atoms with Crippen LogP contribution < -0.4 is 5.32 Å². The number of hydrogen-bond donors (Lipinski definition) is 2. The van der Waals surface area contributed by atoms with Gasteiger partial charge in [-0.3, -0.25) is 9.00 Å².